The molecule has 1 aromatic carbocycles. The first-order valence-electron chi connectivity index (χ1n) is 7.87. The summed E-state index contributed by atoms with van der Waals surface area (Å²) in [5, 5.41) is 4.09. The molecule has 0 aliphatic heterocycles. The lowest BCUT2D eigenvalue weighted by Gasteiger charge is -2.16. The van der Waals surface area contributed by atoms with E-state index in [9.17, 15) is 4.79 Å². The standard InChI is InChI=1S/C17H22N2O3S/c1-4-6-14(7-5-2)22-17(20)16-15(18-19-23-16)12-8-10-13(21-3)11-9-12/h8-11,14H,4-7H2,1-3H3. The second-order valence-corrected chi connectivity index (χ2v) is 6.04. The summed E-state index contributed by atoms with van der Waals surface area (Å²) in [6.07, 6.45) is 3.70. The second-order valence-electron chi connectivity index (χ2n) is 5.28. The molecule has 5 nitrogen and oxygen atoms in total. The van der Waals surface area contributed by atoms with Crippen molar-refractivity contribution in [2.75, 3.05) is 7.11 Å². The monoisotopic (exact) mass is 334 g/mol. The Morgan fingerprint density at radius 2 is 1.83 bits per heavy atom. The Bertz CT molecular complexity index is 619. The van der Waals surface area contributed by atoms with E-state index >= 15 is 0 Å². The molecule has 124 valence electrons. The van der Waals surface area contributed by atoms with Gasteiger partial charge in [-0.1, -0.05) is 31.2 Å². The number of carbonyl (C=O) groups excluding carboxylic acids is 1. The van der Waals surface area contributed by atoms with E-state index in [1.54, 1.807) is 7.11 Å². The highest BCUT2D eigenvalue weighted by atomic mass is 32.1. The quantitative estimate of drug-likeness (QED) is 0.672. The van der Waals surface area contributed by atoms with Crippen molar-refractivity contribution in [3.63, 3.8) is 0 Å². The normalized spacial score (nSPS) is 10.8. The van der Waals surface area contributed by atoms with Gasteiger partial charge >= 0.3 is 5.97 Å². The molecule has 0 unspecified atom stereocenters. The number of esters is 1. The summed E-state index contributed by atoms with van der Waals surface area (Å²) in [5.74, 6) is 0.421. The van der Waals surface area contributed by atoms with E-state index in [0.29, 0.717) is 10.6 Å². The van der Waals surface area contributed by atoms with Gasteiger partial charge in [-0.05, 0) is 48.6 Å². The van der Waals surface area contributed by atoms with Crippen molar-refractivity contribution in [1.29, 1.82) is 0 Å². The fraction of sp³-hybridized carbons (Fsp3) is 0.471. The summed E-state index contributed by atoms with van der Waals surface area (Å²) in [5.41, 5.74) is 1.39. The lowest BCUT2D eigenvalue weighted by Crippen LogP contribution is -2.17. The predicted molar refractivity (Wildman–Crippen MR) is 90.9 cm³/mol. The topological polar surface area (TPSA) is 61.3 Å². The zero-order valence-corrected chi connectivity index (χ0v) is 14.6. The van der Waals surface area contributed by atoms with Crippen LogP contribution in [0.3, 0.4) is 0 Å². The summed E-state index contributed by atoms with van der Waals surface area (Å²) in [6.45, 7) is 4.18. The molecule has 1 heterocycles. The van der Waals surface area contributed by atoms with Crippen molar-refractivity contribution in [1.82, 2.24) is 9.59 Å². The minimum absolute atomic E-state index is 0.0386. The fourth-order valence-corrected chi connectivity index (χ4v) is 2.95. The average molecular weight is 334 g/mol. The van der Waals surface area contributed by atoms with Crippen LogP contribution in [0.15, 0.2) is 24.3 Å². The molecule has 0 fully saturated rings. The zero-order chi connectivity index (χ0) is 16.7. The number of rotatable bonds is 8. The highest BCUT2D eigenvalue weighted by Gasteiger charge is 2.22. The molecule has 0 spiro atoms. The van der Waals surface area contributed by atoms with Crippen LogP contribution in [0.5, 0.6) is 5.75 Å². The summed E-state index contributed by atoms with van der Waals surface area (Å²) in [7, 11) is 1.61. The van der Waals surface area contributed by atoms with Gasteiger partial charge in [-0.2, -0.15) is 0 Å². The maximum atomic E-state index is 12.5. The largest absolute Gasteiger partial charge is 0.497 e. The van der Waals surface area contributed by atoms with Gasteiger partial charge in [-0.15, -0.1) is 5.10 Å². The number of nitrogens with zero attached hydrogens (tertiary/aromatic N) is 2. The van der Waals surface area contributed by atoms with E-state index in [0.717, 1.165) is 48.5 Å². The molecule has 2 aromatic rings. The number of ether oxygens (including phenoxy) is 2. The van der Waals surface area contributed by atoms with Crippen molar-refractivity contribution in [3.8, 4) is 17.0 Å². The molecular weight excluding hydrogens is 312 g/mol. The van der Waals surface area contributed by atoms with Crippen molar-refractivity contribution in [3.05, 3.63) is 29.1 Å². The Kier molecular flexibility index (Phi) is 6.52. The number of hydrogen-bond donors (Lipinski definition) is 0. The number of carbonyl (C=O) groups is 1. The van der Waals surface area contributed by atoms with Gasteiger partial charge in [0.05, 0.1) is 7.11 Å². The minimum Gasteiger partial charge on any atom is -0.497 e. The Hall–Kier alpha value is -1.95. The third-order valence-corrected chi connectivity index (χ3v) is 4.24. The first-order valence-corrected chi connectivity index (χ1v) is 8.64. The summed E-state index contributed by atoms with van der Waals surface area (Å²) in [4.78, 5) is 12.9. The third-order valence-electron chi connectivity index (χ3n) is 3.53. The third kappa shape index (κ3) is 4.51. The van der Waals surface area contributed by atoms with E-state index in [2.05, 4.69) is 23.4 Å². The minimum atomic E-state index is -0.335. The van der Waals surface area contributed by atoms with Crippen LogP contribution in [0, 0.1) is 0 Å². The first-order chi connectivity index (χ1) is 11.2. The first kappa shape index (κ1) is 17.4. The number of hydrogen-bond acceptors (Lipinski definition) is 6. The van der Waals surface area contributed by atoms with Crippen molar-refractivity contribution in [2.45, 2.75) is 45.6 Å². The molecule has 0 aliphatic carbocycles. The van der Waals surface area contributed by atoms with Crippen LogP contribution < -0.4 is 4.74 Å². The SMILES string of the molecule is CCCC(CCC)OC(=O)c1snnc1-c1ccc(OC)cc1. The highest BCUT2D eigenvalue weighted by molar-refractivity contribution is 7.08. The van der Waals surface area contributed by atoms with E-state index < -0.39 is 0 Å². The summed E-state index contributed by atoms with van der Waals surface area (Å²) < 4.78 is 14.7. The maximum absolute atomic E-state index is 12.5. The van der Waals surface area contributed by atoms with Gasteiger partial charge in [0.15, 0.2) is 4.88 Å². The van der Waals surface area contributed by atoms with E-state index in [1.807, 2.05) is 24.3 Å². The molecule has 0 bridgehead atoms. The van der Waals surface area contributed by atoms with E-state index in [4.69, 9.17) is 9.47 Å². The second kappa shape index (κ2) is 8.62. The molecule has 0 saturated heterocycles. The van der Waals surface area contributed by atoms with Crippen molar-refractivity contribution in [2.24, 2.45) is 0 Å². The Balaban J connectivity index is 2.17. The van der Waals surface area contributed by atoms with Gasteiger partial charge < -0.3 is 9.47 Å². The van der Waals surface area contributed by atoms with Gasteiger partial charge in [0.25, 0.3) is 0 Å². The molecule has 1 aromatic heterocycles. The van der Waals surface area contributed by atoms with Gasteiger partial charge in [-0.25, -0.2) is 4.79 Å². The van der Waals surface area contributed by atoms with Crippen LogP contribution in [0.1, 0.15) is 49.2 Å². The van der Waals surface area contributed by atoms with Crippen LogP contribution in [-0.4, -0.2) is 28.8 Å². The Morgan fingerprint density at radius 3 is 2.39 bits per heavy atom. The Labute approximate surface area is 140 Å². The van der Waals surface area contributed by atoms with Gasteiger partial charge in [0, 0.05) is 5.56 Å². The maximum Gasteiger partial charge on any atom is 0.352 e. The average Bonchev–Trinajstić information content (AvgIpc) is 3.05. The molecule has 0 radical (unpaired) electrons. The summed E-state index contributed by atoms with van der Waals surface area (Å²) >= 11 is 1.07. The predicted octanol–water partition coefficient (Wildman–Crippen LogP) is 4.34. The van der Waals surface area contributed by atoms with Gasteiger partial charge in [0.1, 0.15) is 17.5 Å². The number of aromatic nitrogens is 2. The number of methoxy groups -OCH3 is 1. The molecule has 0 saturated carbocycles. The molecule has 0 atom stereocenters. The Morgan fingerprint density at radius 1 is 1.17 bits per heavy atom. The van der Waals surface area contributed by atoms with Crippen LogP contribution in [0.25, 0.3) is 11.3 Å². The van der Waals surface area contributed by atoms with Crippen LogP contribution in [0.2, 0.25) is 0 Å². The molecule has 0 amide bonds. The lowest BCUT2D eigenvalue weighted by molar-refractivity contribution is 0.0265. The summed E-state index contributed by atoms with van der Waals surface area (Å²) in [6, 6.07) is 7.39. The van der Waals surface area contributed by atoms with Crippen LogP contribution in [0.4, 0.5) is 0 Å². The van der Waals surface area contributed by atoms with Gasteiger partial charge in [0.2, 0.25) is 0 Å². The zero-order valence-electron chi connectivity index (χ0n) is 13.7. The molecule has 23 heavy (non-hydrogen) atoms. The highest BCUT2D eigenvalue weighted by Crippen LogP contribution is 2.27. The van der Waals surface area contributed by atoms with Crippen molar-refractivity contribution < 1.29 is 14.3 Å². The van der Waals surface area contributed by atoms with E-state index in [-0.39, 0.29) is 12.1 Å². The lowest BCUT2D eigenvalue weighted by atomic mass is 10.1. The van der Waals surface area contributed by atoms with Crippen molar-refractivity contribution >= 4 is 17.5 Å². The number of benzene rings is 1. The molecular formula is C17H22N2O3S. The fourth-order valence-electron chi connectivity index (χ4n) is 2.37. The van der Waals surface area contributed by atoms with Gasteiger partial charge in [-0.3, -0.25) is 0 Å². The molecule has 2 rings (SSSR count). The van der Waals surface area contributed by atoms with Crippen LogP contribution in [-0.2, 0) is 4.74 Å². The van der Waals surface area contributed by atoms with Crippen LogP contribution >= 0.6 is 11.5 Å². The molecule has 0 N–H and O–H groups in total. The molecule has 6 heteroatoms. The molecule has 0 aliphatic rings. The van der Waals surface area contributed by atoms with E-state index in [1.165, 1.54) is 0 Å². The smallest absolute Gasteiger partial charge is 0.352 e.